The summed E-state index contributed by atoms with van der Waals surface area (Å²) < 4.78 is 140. The van der Waals surface area contributed by atoms with E-state index in [0.29, 0.717) is 36.8 Å². The van der Waals surface area contributed by atoms with E-state index in [1.165, 1.54) is 0 Å². The van der Waals surface area contributed by atoms with Crippen molar-refractivity contribution in [3.63, 3.8) is 0 Å². The summed E-state index contributed by atoms with van der Waals surface area (Å²) in [6.07, 6.45) is 12.4. The summed E-state index contributed by atoms with van der Waals surface area (Å²) in [6.45, 7) is 0. The number of alkyl halides is 5. The number of halogens is 5. The summed E-state index contributed by atoms with van der Waals surface area (Å²) in [5, 5.41) is 0. The first-order valence-electron chi connectivity index (χ1n) is 14.3. The molecule has 0 aromatic heterocycles. The SMILES string of the molecule is O=S(=O)(NS(=O)(=O)C(F)(F)S(=O)(=O)Oc1c(C2CCCCC2)cc(C2CCCCC2)cc1C1CCCCC1)C(F)(F)F. The molecule has 240 valence electrons. The number of rotatable bonds is 9. The largest absolute Gasteiger partial charge is 0.512 e. The van der Waals surface area contributed by atoms with Gasteiger partial charge in [-0.2, -0.15) is 30.4 Å². The van der Waals surface area contributed by atoms with Crippen LogP contribution in [0.15, 0.2) is 12.1 Å². The van der Waals surface area contributed by atoms with E-state index in [2.05, 4.69) is 0 Å². The van der Waals surface area contributed by atoms with Crippen LogP contribution in [0.25, 0.3) is 0 Å². The highest BCUT2D eigenvalue weighted by atomic mass is 32.3. The van der Waals surface area contributed by atoms with E-state index in [0.717, 1.165) is 76.2 Å². The summed E-state index contributed by atoms with van der Waals surface area (Å²) in [7, 11) is -20.4. The van der Waals surface area contributed by atoms with Crippen molar-refractivity contribution < 1.29 is 51.4 Å². The summed E-state index contributed by atoms with van der Waals surface area (Å²) in [5.74, 6) is -0.762. The van der Waals surface area contributed by atoms with Crippen LogP contribution in [0.5, 0.6) is 5.75 Å². The highest BCUT2D eigenvalue weighted by Crippen LogP contribution is 2.48. The molecule has 8 nitrogen and oxygen atoms in total. The van der Waals surface area contributed by atoms with Gasteiger partial charge >= 0.3 is 40.3 Å². The smallest absolute Gasteiger partial charge is 0.377 e. The van der Waals surface area contributed by atoms with Gasteiger partial charge in [-0.15, -0.1) is 0 Å². The van der Waals surface area contributed by atoms with Crippen LogP contribution in [0.2, 0.25) is 0 Å². The molecule has 1 aromatic carbocycles. The van der Waals surface area contributed by atoms with E-state index in [4.69, 9.17) is 4.18 Å². The maximum atomic E-state index is 15.1. The van der Waals surface area contributed by atoms with Crippen molar-refractivity contribution in [2.45, 2.75) is 124 Å². The third kappa shape index (κ3) is 6.90. The lowest BCUT2D eigenvalue weighted by atomic mass is 9.75. The van der Waals surface area contributed by atoms with E-state index in [9.17, 15) is 38.4 Å². The summed E-state index contributed by atoms with van der Waals surface area (Å²) in [6, 6.07) is 3.53. The van der Waals surface area contributed by atoms with Gasteiger partial charge in [-0.3, -0.25) is 0 Å². The molecular formula is C26H36F5NO7S3. The molecule has 0 amide bonds. The zero-order chi connectivity index (χ0) is 31.0. The highest BCUT2D eigenvalue weighted by Gasteiger charge is 2.64. The molecule has 42 heavy (non-hydrogen) atoms. The average molecular weight is 666 g/mol. The molecule has 3 saturated carbocycles. The number of hydrogen-bond acceptors (Lipinski definition) is 7. The van der Waals surface area contributed by atoms with E-state index in [-0.39, 0.29) is 21.9 Å². The molecule has 0 radical (unpaired) electrons. The fourth-order valence-corrected chi connectivity index (χ4v) is 10.3. The predicted molar refractivity (Wildman–Crippen MR) is 145 cm³/mol. The minimum Gasteiger partial charge on any atom is -0.377 e. The first kappa shape index (κ1) is 33.4. The van der Waals surface area contributed by atoms with Gasteiger partial charge in [-0.25, -0.2) is 16.8 Å². The van der Waals surface area contributed by atoms with Crippen LogP contribution in [-0.2, 0) is 30.2 Å². The zero-order valence-corrected chi connectivity index (χ0v) is 25.4. The second kappa shape index (κ2) is 12.5. The van der Waals surface area contributed by atoms with E-state index in [1.807, 2.05) is 0 Å². The summed E-state index contributed by atoms with van der Waals surface area (Å²) >= 11 is 0. The summed E-state index contributed by atoms with van der Waals surface area (Å²) in [5.41, 5.74) is -4.62. The Kier molecular flexibility index (Phi) is 9.91. The third-order valence-corrected chi connectivity index (χ3v) is 13.9. The van der Waals surface area contributed by atoms with Gasteiger partial charge in [-0.05, 0) is 73.0 Å². The molecule has 0 heterocycles. The first-order valence-corrected chi connectivity index (χ1v) is 18.7. The van der Waals surface area contributed by atoms with Crippen molar-refractivity contribution in [2.24, 2.45) is 0 Å². The Morgan fingerprint density at radius 1 is 0.595 bits per heavy atom. The molecule has 0 aliphatic heterocycles. The van der Waals surface area contributed by atoms with Crippen LogP contribution >= 0.6 is 0 Å². The lowest BCUT2D eigenvalue weighted by Gasteiger charge is -2.32. The average Bonchev–Trinajstić information content (AvgIpc) is 2.93. The van der Waals surface area contributed by atoms with Crippen LogP contribution in [-0.4, -0.2) is 35.3 Å². The van der Waals surface area contributed by atoms with Crippen molar-refractivity contribution in [2.75, 3.05) is 0 Å². The zero-order valence-electron chi connectivity index (χ0n) is 23.0. The van der Waals surface area contributed by atoms with Gasteiger partial charge in [0.1, 0.15) is 5.75 Å². The van der Waals surface area contributed by atoms with E-state index < -0.39 is 46.0 Å². The molecule has 1 aromatic rings. The fraction of sp³-hybridized carbons (Fsp3) is 0.769. The molecule has 3 aliphatic carbocycles. The molecule has 1 N–H and O–H groups in total. The van der Waals surface area contributed by atoms with Gasteiger partial charge in [0.15, 0.2) is 0 Å². The summed E-state index contributed by atoms with van der Waals surface area (Å²) in [4.78, 5) is 0. The molecule has 4 rings (SSSR count). The Morgan fingerprint density at radius 2 is 0.976 bits per heavy atom. The second-order valence-electron chi connectivity index (χ2n) is 11.6. The van der Waals surface area contributed by atoms with Crippen molar-refractivity contribution in [1.29, 1.82) is 0 Å². The number of sulfonamides is 2. The van der Waals surface area contributed by atoms with Gasteiger partial charge in [0.2, 0.25) is 0 Å². The second-order valence-corrected chi connectivity index (χ2v) is 17.1. The molecule has 0 bridgehead atoms. The molecule has 0 saturated heterocycles. The molecule has 3 fully saturated rings. The van der Waals surface area contributed by atoms with Crippen LogP contribution < -0.4 is 8.31 Å². The Balaban J connectivity index is 1.83. The maximum Gasteiger partial charge on any atom is 0.512 e. The molecule has 0 atom stereocenters. The number of hydrogen-bond donors (Lipinski definition) is 1. The van der Waals surface area contributed by atoms with Gasteiger partial charge in [-0.1, -0.05) is 74.0 Å². The first-order chi connectivity index (χ1) is 19.5. The Bertz CT molecular complexity index is 1400. The van der Waals surface area contributed by atoms with E-state index >= 15 is 8.78 Å². The minimum atomic E-state index is -6.98. The maximum absolute atomic E-state index is 15.1. The van der Waals surface area contributed by atoms with Gasteiger partial charge in [0.25, 0.3) is 0 Å². The molecule has 0 unspecified atom stereocenters. The molecular weight excluding hydrogens is 629 g/mol. The number of nitrogens with one attached hydrogen (secondary N) is 1. The normalized spacial score (nSPS) is 21.4. The Morgan fingerprint density at radius 3 is 1.36 bits per heavy atom. The van der Waals surface area contributed by atoms with Crippen molar-refractivity contribution >= 4 is 30.2 Å². The molecule has 16 heteroatoms. The molecule has 3 aliphatic rings. The van der Waals surface area contributed by atoms with Crippen LogP contribution in [0, 0.1) is 0 Å². The van der Waals surface area contributed by atoms with Crippen molar-refractivity contribution in [3.8, 4) is 5.75 Å². The number of benzene rings is 1. The molecule has 0 spiro atoms. The standard InChI is InChI=1S/C26H36F5NO7S3/c27-25(28,29)40(33,34)32-41(35,36)26(30,31)42(37,38)39-24-22(19-12-6-2-7-13-19)16-21(18-10-4-1-5-11-18)17-23(24)20-14-8-3-9-15-20/h16-20,32H,1-15H2. The van der Waals surface area contributed by atoms with Crippen LogP contribution in [0.1, 0.15) is 131 Å². The lowest BCUT2D eigenvalue weighted by molar-refractivity contribution is -0.0441. The van der Waals surface area contributed by atoms with Crippen LogP contribution in [0.4, 0.5) is 22.0 Å². The Hall–Kier alpha value is -1.52. The van der Waals surface area contributed by atoms with Crippen molar-refractivity contribution in [1.82, 2.24) is 4.13 Å². The topological polar surface area (TPSA) is 124 Å². The van der Waals surface area contributed by atoms with E-state index in [1.54, 1.807) is 12.1 Å². The quantitative estimate of drug-likeness (QED) is 0.226. The lowest BCUT2D eigenvalue weighted by Crippen LogP contribution is -2.51. The Labute approximate surface area is 244 Å². The third-order valence-electron chi connectivity index (χ3n) is 8.66. The fourth-order valence-electron chi connectivity index (χ4n) is 6.43. The minimum absolute atomic E-state index is 0.174. The van der Waals surface area contributed by atoms with Crippen molar-refractivity contribution in [3.05, 3.63) is 28.8 Å². The van der Waals surface area contributed by atoms with Gasteiger partial charge < -0.3 is 4.18 Å². The predicted octanol–water partition coefficient (Wildman–Crippen LogP) is 6.86. The van der Waals surface area contributed by atoms with Gasteiger partial charge in [0.05, 0.1) is 0 Å². The monoisotopic (exact) mass is 665 g/mol. The van der Waals surface area contributed by atoms with Gasteiger partial charge in [0, 0.05) is 0 Å². The van der Waals surface area contributed by atoms with Crippen LogP contribution in [0.3, 0.4) is 0 Å². The highest BCUT2D eigenvalue weighted by molar-refractivity contribution is 8.12.